The largest absolute Gasteiger partial charge is 0.398 e. The van der Waals surface area contributed by atoms with Crippen LogP contribution in [-0.4, -0.2) is 17.4 Å². The number of halogens is 1. The van der Waals surface area contributed by atoms with Crippen molar-refractivity contribution in [3.63, 3.8) is 0 Å². The maximum atomic E-state index is 12.8. The summed E-state index contributed by atoms with van der Waals surface area (Å²) in [5.74, 6) is -0.0881. The molecule has 0 aromatic heterocycles. The molecule has 0 saturated carbocycles. The summed E-state index contributed by atoms with van der Waals surface area (Å²) in [6.07, 6.45) is 1.95. The summed E-state index contributed by atoms with van der Waals surface area (Å²) in [5.41, 5.74) is 9.30. The van der Waals surface area contributed by atoms with E-state index in [9.17, 15) is 4.79 Å². The van der Waals surface area contributed by atoms with Crippen LogP contribution < -0.4 is 5.73 Å². The van der Waals surface area contributed by atoms with E-state index in [1.165, 1.54) is 11.1 Å². The van der Waals surface area contributed by atoms with Crippen LogP contribution in [0, 0.1) is 0 Å². The van der Waals surface area contributed by atoms with Crippen molar-refractivity contribution in [1.29, 1.82) is 0 Å². The van der Waals surface area contributed by atoms with Gasteiger partial charge in [-0.05, 0) is 36.1 Å². The van der Waals surface area contributed by atoms with Crippen molar-refractivity contribution >= 4 is 23.2 Å². The molecule has 2 aromatic rings. The van der Waals surface area contributed by atoms with Gasteiger partial charge in [0.05, 0.1) is 10.6 Å². The fourth-order valence-corrected chi connectivity index (χ4v) is 3.06. The molecule has 0 fully saturated rings. The molecule has 1 amide bonds. The molecular formula is C17H17ClN2O. The van der Waals surface area contributed by atoms with E-state index in [-0.39, 0.29) is 5.91 Å². The van der Waals surface area contributed by atoms with E-state index < -0.39 is 0 Å². The summed E-state index contributed by atoms with van der Waals surface area (Å²) < 4.78 is 0. The second-order valence-electron chi connectivity index (χ2n) is 5.30. The molecule has 0 spiro atoms. The number of rotatable bonds is 1. The lowest BCUT2D eigenvalue weighted by Gasteiger charge is -2.22. The van der Waals surface area contributed by atoms with Crippen LogP contribution in [0.25, 0.3) is 0 Å². The molecule has 4 heteroatoms. The molecule has 0 saturated heterocycles. The number of nitrogens with two attached hydrogens (primary N) is 1. The number of fused-ring (bicyclic) bond motifs is 1. The Morgan fingerprint density at radius 1 is 1.10 bits per heavy atom. The quantitative estimate of drug-likeness (QED) is 0.819. The van der Waals surface area contributed by atoms with Crippen molar-refractivity contribution in [1.82, 2.24) is 4.90 Å². The SMILES string of the molecule is Nc1cccc(Cl)c1C(=O)N1CCCc2ccccc2C1. The highest BCUT2D eigenvalue weighted by molar-refractivity contribution is 6.34. The average molecular weight is 301 g/mol. The summed E-state index contributed by atoms with van der Waals surface area (Å²) >= 11 is 6.16. The zero-order valence-corrected chi connectivity index (χ0v) is 12.4. The van der Waals surface area contributed by atoms with Gasteiger partial charge in [0, 0.05) is 18.8 Å². The number of hydrogen-bond acceptors (Lipinski definition) is 2. The number of carbonyl (C=O) groups excluding carboxylic acids is 1. The summed E-state index contributed by atoms with van der Waals surface area (Å²) in [4.78, 5) is 14.6. The van der Waals surface area contributed by atoms with Crippen molar-refractivity contribution < 1.29 is 4.79 Å². The molecule has 0 atom stereocenters. The second kappa shape index (κ2) is 5.78. The Labute approximate surface area is 129 Å². The molecule has 1 heterocycles. The van der Waals surface area contributed by atoms with Gasteiger partial charge in [-0.15, -0.1) is 0 Å². The fourth-order valence-electron chi connectivity index (χ4n) is 2.80. The minimum Gasteiger partial charge on any atom is -0.398 e. The van der Waals surface area contributed by atoms with Crippen LogP contribution in [-0.2, 0) is 13.0 Å². The van der Waals surface area contributed by atoms with Crippen LogP contribution >= 0.6 is 11.6 Å². The zero-order valence-electron chi connectivity index (χ0n) is 11.7. The third kappa shape index (κ3) is 2.74. The molecule has 0 aliphatic carbocycles. The highest BCUT2D eigenvalue weighted by Crippen LogP contribution is 2.26. The summed E-state index contributed by atoms with van der Waals surface area (Å²) in [7, 11) is 0. The third-order valence-electron chi connectivity index (χ3n) is 3.90. The fraction of sp³-hybridized carbons (Fsp3) is 0.235. The van der Waals surface area contributed by atoms with Gasteiger partial charge < -0.3 is 10.6 Å². The van der Waals surface area contributed by atoms with E-state index in [1.807, 2.05) is 17.0 Å². The van der Waals surface area contributed by atoms with Gasteiger partial charge in [-0.25, -0.2) is 0 Å². The molecule has 3 nitrogen and oxygen atoms in total. The number of aryl methyl sites for hydroxylation is 1. The first-order valence-corrected chi connectivity index (χ1v) is 7.44. The number of nitrogen functional groups attached to an aromatic ring is 1. The molecule has 21 heavy (non-hydrogen) atoms. The van der Waals surface area contributed by atoms with Crippen molar-refractivity contribution in [2.24, 2.45) is 0 Å². The molecule has 2 aromatic carbocycles. The number of nitrogens with zero attached hydrogens (tertiary/aromatic N) is 1. The standard InChI is InChI=1S/C17H17ClN2O/c18-14-8-3-9-15(19)16(14)17(21)20-10-4-7-12-5-1-2-6-13(12)11-20/h1-3,5-6,8-9H,4,7,10-11,19H2. The predicted molar refractivity (Wildman–Crippen MR) is 85.4 cm³/mol. The van der Waals surface area contributed by atoms with Crippen LogP contribution in [0.2, 0.25) is 5.02 Å². The van der Waals surface area contributed by atoms with Gasteiger partial charge in [0.1, 0.15) is 0 Å². The monoisotopic (exact) mass is 300 g/mol. The second-order valence-corrected chi connectivity index (χ2v) is 5.71. The first-order chi connectivity index (χ1) is 10.2. The Balaban J connectivity index is 1.92. The summed E-state index contributed by atoms with van der Waals surface area (Å²) in [6.45, 7) is 1.33. The van der Waals surface area contributed by atoms with Crippen LogP contribution in [0.3, 0.4) is 0 Å². The maximum Gasteiger partial charge on any atom is 0.257 e. The van der Waals surface area contributed by atoms with Gasteiger partial charge in [0.15, 0.2) is 0 Å². The first-order valence-electron chi connectivity index (χ1n) is 7.07. The van der Waals surface area contributed by atoms with E-state index in [2.05, 4.69) is 12.1 Å². The Morgan fingerprint density at radius 2 is 1.86 bits per heavy atom. The predicted octanol–water partition coefficient (Wildman–Crippen LogP) is 3.51. The molecular weight excluding hydrogens is 284 g/mol. The topological polar surface area (TPSA) is 46.3 Å². The number of benzene rings is 2. The van der Waals surface area contributed by atoms with E-state index in [0.29, 0.717) is 22.8 Å². The minimum atomic E-state index is -0.0881. The van der Waals surface area contributed by atoms with Crippen LogP contribution in [0.15, 0.2) is 42.5 Å². The Hall–Kier alpha value is -2.00. The Morgan fingerprint density at radius 3 is 2.62 bits per heavy atom. The maximum absolute atomic E-state index is 12.8. The lowest BCUT2D eigenvalue weighted by Crippen LogP contribution is -2.31. The minimum absolute atomic E-state index is 0.0881. The molecule has 108 valence electrons. The van der Waals surface area contributed by atoms with Gasteiger partial charge >= 0.3 is 0 Å². The highest BCUT2D eigenvalue weighted by Gasteiger charge is 2.23. The number of carbonyl (C=O) groups is 1. The van der Waals surface area contributed by atoms with Gasteiger partial charge in [0.2, 0.25) is 0 Å². The molecule has 2 N–H and O–H groups in total. The molecule has 0 bridgehead atoms. The molecule has 1 aliphatic rings. The van der Waals surface area contributed by atoms with E-state index in [1.54, 1.807) is 18.2 Å². The van der Waals surface area contributed by atoms with Crippen LogP contribution in [0.4, 0.5) is 5.69 Å². The van der Waals surface area contributed by atoms with Gasteiger partial charge in [-0.2, -0.15) is 0 Å². The van der Waals surface area contributed by atoms with E-state index in [0.717, 1.165) is 19.4 Å². The number of amides is 1. The zero-order chi connectivity index (χ0) is 14.8. The van der Waals surface area contributed by atoms with Crippen LogP contribution in [0.5, 0.6) is 0 Å². The van der Waals surface area contributed by atoms with E-state index >= 15 is 0 Å². The van der Waals surface area contributed by atoms with Gasteiger partial charge in [-0.1, -0.05) is 41.9 Å². The first kappa shape index (κ1) is 14.0. The average Bonchev–Trinajstić information content (AvgIpc) is 2.69. The molecule has 3 rings (SSSR count). The molecule has 0 unspecified atom stereocenters. The van der Waals surface area contributed by atoms with Crippen molar-refractivity contribution in [3.8, 4) is 0 Å². The normalized spacial score (nSPS) is 14.4. The molecule has 0 radical (unpaired) electrons. The smallest absolute Gasteiger partial charge is 0.257 e. The lowest BCUT2D eigenvalue weighted by atomic mass is 10.0. The number of hydrogen-bond donors (Lipinski definition) is 1. The number of anilines is 1. The lowest BCUT2D eigenvalue weighted by molar-refractivity contribution is 0.0747. The third-order valence-corrected chi connectivity index (χ3v) is 4.22. The van der Waals surface area contributed by atoms with Crippen molar-refractivity contribution in [2.45, 2.75) is 19.4 Å². The van der Waals surface area contributed by atoms with Crippen molar-refractivity contribution in [2.75, 3.05) is 12.3 Å². The molecule has 1 aliphatic heterocycles. The van der Waals surface area contributed by atoms with Crippen LogP contribution in [0.1, 0.15) is 27.9 Å². The van der Waals surface area contributed by atoms with Gasteiger partial charge in [-0.3, -0.25) is 4.79 Å². The van der Waals surface area contributed by atoms with Crippen molar-refractivity contribution in [3.05, 3.63) is 64.2 Å². The summed E-state index contributed by atoms with van der Waals surface area (Å²) in [5, 5.41) is 0.414. The Bertz CT molecular complexity index is 664. The Kier molecular flexibility index (Phi) is 3.84. The van der Waals surface area contributed by atoms with Gasteiger partial charge in [0.25, 0.3) is 5.91 Å². The highest BCUT2D eigenvalue weighted by atomic mass is 35.5. The summed E-state index contributed by atoms with van der Waals surface area (Å²) in [6, 6.07) is 13.4. The van der Waals surface area contributed by atoms with E-state index in [4.69, 9.17) is 17.3 Å².